The van der Waals surface area contributed by atoms with E-state index in [0.29, 0.717) is 6.42 Å². The predicted octanol–water partition coefficient (Wildman–Crippen LogP) is 2.22. The molecule has 2 atom stereocenters. The average molecular weight is 395 g/mol. The van der Waals surface area contributed by atoms with E-state index in [1.54, 1.807) is 0 Å². The van der Waals surface area contributed by atoms with Crippen LogP contribution in [0.4, 0.5) is 4.39 Å². The maximum absolute atomic E-state index is 14.0. The fraction of sp³-hybridized carbons (Fsp3) is 0.562. The first-order valence-corrected chi connectivity index (χ1v) is 9.36. The van der Waals surface area contributed by atoms with E-state index in [2.05, 4.69) is 9.46 Å². The molecule has 0 saturated heterocycles. The fourth-order valence-corrected chi connectivity index (χ4v) is 5.00. The number of carbonyl (C=O) groups is 1. The number of hydrogen-bond donors (Lipinski definition) is 2. The van der Waals surface area contributed by atoms with Crippen LogP contribution < -0.4 is 10.5 Å². The first kappa shape index (κ1) is 21.8. The van der Waals surface area contributed by atoms with Gasteiger partial charge in [0.05, 0.1) is 12.0 Å². The van der Waals surface area contributed by atoms with Crippen LogP contribution in [0, 0.1) is 11.7 Å². The number of halogens is 2. The van der Waals surface area contributed by atoms with Crippen LogP contribution in [0.2, 0.25) is 0 Å². The van der Waals surface area contributed by atoms with Crippen molar-refractivity contribution >= 4 is 28.4 Å². The van der Waals surface area contributed by atoms with Gasteiger partial charge in [-0.15, -0.1) is 12.4 Å². The largest absolute Gasteiger partial charge is 0.465 e. The number of nitrogens with two attached hydrogens (primary N) is 1. The van der Waals surface area contributed by atoms with E-state index in [1.807, 2.05) is 6.92 Å². The number of ether oxygens (including phenoxy) is 1. The van der Waals surface area contributed by atoms with Gasteiger partial charge in [-0.3, -0.25) is 0 Å². The summed E-state index contributed by atoms with van der Waals surface area (Å²) in [6.07, 6.45) is 3.33. The highest BCUT2D eigenvalue weighted by molar-refractivity contribution is 7.89. The Bertz CT molecular complexity index is 729. The van der Waals surface area contributed by atoms with E-state index in [4.69, 9.17) is 5.73 Å². The molecule has 1 aliphatic carbocycles. The zero-order valence-corrected chi connectivity index (χ0v) is 15.9. The molecule has 142 valence electrons. The summed E-state index contributed by atoms with van der Waals surface area (Å²) in [6, 6.07) is 3.46. The maximum Gasteiger partial charge on any atom is 0.342 e. The van der Waals surface area contributed by atoms with Gasteiger partial charge < -0.3 is 10.5 Å². The van der Waals surface area contributed by atoms with E-state index in [0.717, 1.165) is 32.4 Å². The normalized spacial score (nSPS) is 23.6. The van der Waals surface area contributed by atoms with E-state index < -0.39 is 37.8 Å². The fourth-order valence-electron chi connectivity index (χ4n) is 3.26. The molecule has 1 saturated carbocycles. The monoisotopic (exact) mass is 394 g/mol. The van der Waals surface area contributed by atoms with Crippen LogP contribution in [0.15, 0.2) is 23.1 Å². The molecule has 0 bridgehead atoms. The maximum atomic E-state index is 14.0. The molecule has 1 aromatic rings. The lowest BCUT2D eigenvalue weighted by Gasteiger charge is -2.42. The van der Waals surface area contributed by atoms with Gasteiger partial charge in [-0.25, -0.2) is 22.3 Å². The number of rotatable bonds is 5. The molecule has 9 heteroatoms. The van der Waals surface area contributed by atoms with Gasteiger partial charge in [0.1, 0.15) is 11.4 Å². The Labute approximate surface area is 153 Å². The highest BCUT2D eigenvalue weighted by atomic mass is 35.5. The predicted molar refractivity (Wildman–Crippen MR) is 94.7 cm³/mol. The van der Waals surface area contributed by atoms with Crippen molar-refractivity contribution in [2.45, 2.75) is 43.0 Å². The second kappa shape index (κ2) is 8.44. The summed E-state index contributed by atoms with van der Waals surface area (Å²) in [5, 5.41) is 0. The van der Waals surface area contributed by atoms with E-state index in [-0.39, 0.29) is 24.9 Å². The van der Waals surface area contributed by atoms with Gasteiger partial charge in [-0.2, -0.15) is 0 Å². The molecular weight excluding hydrogens is 371 g/mol. The lowest BCUT2D eigenvalue weighted by Crippen LogP contribution is -2.59. The Kier molecular flexibility index (Phi) is 7.37. The first-order valence-electron chi connectivity index (χ1n) is 7.88. The van der Waals surface area contributed by atoms with E-state index in [1.165, 1.54) is 12.1 Å². The number of carbonyl (C=O) groups excluding carboxylic acids is 1. The van der Waals surface area contributed by atoms with Crippen molar-refractivity contribution in [1.82, 2.24) is 4.72 Å². The van der Waals surface area contributed by atoms with Crippen molar-refractivity contribution in [1.29, 1.82) is 0 Å². The Hall–Kier alpha value is -1.22. The minimum atomic E-state index is -4.14. The number of benzene rings is 1. The molecule has 0 amide bonds. The minimum absolute atomic E-state index is 0. The molecule has 1 aromatic carbocycles. The minimum Gasteiger partial charge on any atom is -0.465 e. The van der Waals surface area contributed by atoms with Gasteiger partial charge in [-0.1, -0.05) is 25.8 Å². The summed E-state index contributed by atoms with van der Waals surface area (Å²) < 4.78 is 46.9. The zero-order valence-electron chi connectivity index (χ0n) is 14.2. The number of sulfonamides is 1. The van der Waals surface area contributed by atoms with Crippen molar-refractivity contribution in [2.75, 3.05) is 13.7 Å². The molecule has 0 radical (unpaired) electrons. The van der Waals surface area contributed by atoms with Crippen molar-refractivity contribution < 1.29 is 22.3 Å². The Morgan fingerprint density at radius 2 is 2.12 bits per heavy atom. The van der Waals surface area contributed by atoms with Crippen LogP contribution in [0.1, 0.15) is 43.0 Å². The summed E-state index contributed by atoms with van der Waals surface area (Å²) in [4.78, 5) is 11.4. The summed E-state index contributed by atoms with van der Waals surface area (Å²) in [6.45, 7) is 2.08. The van der Waals surface area contributed by atoms with Gasteiger partial charge in [0, 0.05) is 12.1 Å². The standard InChI is InChI=1S/C16H23FN2O4S.ClH/c1-11-6-3-4-9-16(11,10-18)19-24(21,22)13-8-5-7-12(17)14(13)15(20)23-2;/h5,7-8,11,19H,3-4,6,9-10,18H2,1-2H3;1H. The van der Waals surface area contributed by atoms with Crippen LogP contribution in [0.5, 0.6) is 0 Å². The highest BCUT2D eigenvalue weighted by Gasteiger charge is 2.41. The van der Waals surface area contributed by atoms with Crippen LogP contribution >= 0.6 is 12.4 Å². The van der Waals surface area contributed by atoms with Gasteiger partial charge in [0.25, 0.3) is 0 Å². The smallest absolute Gasteiger partial charge is 0.342 e. The molecule has 1 fully saturated rings. The third-order valence-corrected chi connectivity index (χ3v) is 6.40. The van der Waals surface area contributed by atoms with Crippen molar-refractivity contribution in [3.05, 3.63) is 29.6 Å². The van der Waals surface area contributed by atoms with Crippen LogP contribution in [0.25, 0.3) is 0 Å². The summed E-state index contributed by atoms with van der Waals surface area (Å²) in [7, 11) is -3.07. The Morgan fingerprint density at radius 3 is 2.68 bits per heavy atom. The summed E-state index contributed by atoms with van der Waals surface area (Å²) in [5.41, 5.74) is 4.49. The van der Waals surface area contributed by atoms with Crippen LogP contribution in [-0.4, -0.2) is 33.6 Å². The number of hydrogen-bond acceptors (Lipinski definition) is 5. The molecule has 25 heavy (non-hydrogen) atoms. The lowest BCUT2D eigenvalue weighted by molar-refractivity contribution is 0.0590. The second-order valence-electron chi connectivity index (χ2n) is 6.22. The molecule has 3 N–H and O–H groups in total. The Balaban J connectivity index is 0.00000312. The van der Waals surface area contributed by atoms with Crippen LogP contribution in [-0.2, 0) is 14.8 Å². The molecular formula is C16H24ClFN2O4S. The van der Waals surface area contributed by atoms with E-state index >= 15 is 0 Å². The summed E-state index contributed by atoms with van der Waals surface area (Å²) in [5.74, 6) is -1.93. The molecule has 0 aliphatic heterocycles. The first-order chi connectivity index (χ1) is 11.3. The number of esters is 1. The Morgan fingerprint density at radius 1 is 1.44 bits per heavy atom. The molecule has 0 heterocycles. The van der Waals surface area contributed by atoms with Gasteiger partial charge in [-0.05, 0) is 30.9 Å². The quantitative estimate of drug-likeness (QED) is 0.746. The summed E-state index contributed by atoms with van der Waals surface area (Å²) >= 11 is 0. The molecule has 2 unspecified atom stereocenters. The number of nitrogens with one attached hydrogen (secondary N) is 1. The molecule has 6 nitrogen and oxygen atoms in total. The molecule has 0 aromatic heterocycles. The van der Waals surface area contributed by atoms with Crippen LogP contribution in [0.3, 0.4) is 0 Å². The number of methoxy groups -OCH3 is 1. The van der Waals surface area contributed by atoms with Crippen molar-refractivity contribution in [3.8, 4) is 0 Å². The molecule has 0 spiro atoms. The molecule has 1 aliphatic rings. The van der Waals surface area contributed by atoms with Gasteiger partial charge >= 0.3 is 5.97 Å². The third-order valence-electron chi connectivity index (χ3n) is 4.81. The molecule has 2 rings (SSSR count). The van der Waals surface area contributed by atoms with Gasteiger partial charge in [0.15, 0.2) is 0 Å². The third kappa shape index (κ3) is 4.31. The lowest BCUT2D eigenvalue weighted by atomic mass is 9.74. The van der Waals surface area contributed by atoms with Crippen molar-refractivity contribution in [3.63, 3.8) is 0 Å². The zero-order chi connectivity index (χ0) is 18.0. The second-order valence-corrected chi connectivity index (χ2v) is 7.87. The van der Waals surface area contributed by atoms with Crippen molar-refractivity contribution in [2.24, 2.45) is 11.7 Å². The van der Waals surface area contributed by atoms with E-state index in [9.17, 15) is 17.6 Å². The topological polar surface area (TPSA) is 98.5 Å². The highest BCUT2D eigenvalue weighted by Crippen LogP contribution is 2.34. The average Bonchev–Trinajstić information content (AvgIpc) is 2.56. The SMILES string of the molecule is COC(=O)c1c(F)cccc1S(=O)(=O)NC1(CN)CCCCC1C.Cl. The van der Waals surface area contributed by atoms with Gasteiger partial charge in [0.2, 0.25) is 10.0 Å².